The molecule has 1 fully saturated rings. The summed E-state index contributed by atoms with van der Waals surface area (Å²) in [6.45, 7) is 6.61. The molecule has 0 bridgehead atoms. The number of rotatable bonds is 7. The molecule has 4 heteroatoms. The minimum absolute atomic E-state index is 0.0213. The van der Waals surface area contributed by atoms with Crippen molar-refractivity contribution in [1.29, 1.82) is 0 Å². The largest absolute Gasteiger partial charge is 0.469 e. The van der Waals surface area contributed by atoms with Gasteiger partial charge in [0.05, 0.1) is 13.2 Å². The summed E-state index contributed by atoms with van der Waals surface area (Å²) in [5.74, 6) is 0.127. The Morgan fingerprint density at radius 1 is 1.26 bits per heavy atom. The Labute approximate surface area is 168 Å². The number of halogens is 1. The molecule has 0 spiro atoms. The molecule has 3 nitrogen and oxygen atoms in total. The SMILES string of the molecule is COC(=O)CCCC=CC[C@@H]1[C@@H](c2ccc(C(C)(C)C)cc2)[C@H](O)C[C@H]1Cl. The number of hydrogen-bond acceptors (Lipinski definition) is 3. The highest BCUT2D eigenvalue weighted by molar-refractivity contribution is 6.21. The third-order valence-electron chi connectivity index (χ3n) is 5.52. The number of alkyl halides is 1. The summed E-state index contributed by atoms with van der Waals surface area (Å²) in [4.78, 5) is 11.1. The standard InChI is InChI=1S/C23H33ClO3/c1-23(2,3)17-13-11-16(12-14-17)22-18(19(24)15-20(22)25)9-7-5-6-8-10-21(26)27-4/h5,7,11-14,18-20,22,25H,6,8-10,15H2,1-4H3/t18-,19+,20+,22+/m0/s1. The molecule has 1 aromatic carbocycles. The van der Waals surface area contributed by atoms with Crippen LogP contribution in [-0.2, 0) is 14.9 Å². The highest BCUT2D eigenvalue weighted by Gasteiger charge is 2.41. The van der Waals surface area contributed by atoms with Crippen LogP contribution in [0.2, 0.25) is 0 Å². The van der Waals surface area contributed by atoms with Crippen LogP contribution in [0.1, 0.15) is 69.9 Å². The molecule has 0 heterocycles. The minimum atomic E-state index is -0.397. The van der Waals surface area contributed by atoms with Crippen LogP contribution < -0.4 is 0 Å². The molecule has 27 heavy (non-hydrogen) atoms. The number of benzene rings is 1. The number of methoxy groups -OCH3 is 1. The molecule has 150 valence electrons. The Morgan fingerprint density at radius 2 is 1.93 bits per heavy atom. The third kappa shape index (κ3) is 6.08. The van der Waals surface area contributed by atoms with Crippen molar-refractivity contribution in [2.75, 3.05) is 7.11 Å². The van der Waals surface area contributed by atoms with E-state index in [0.29, 0.717) is 12.8 Å². The van der Waals surface area contributed by atoms with Crippen molar-refractivity contribution >= 4 is 17.6 Å². The van der Waals surface area contributed by atoms with Gasteiger partial charge in [-0.15, -0.1) is 11.6 Å². The Morgan fingerprint density at radius 3 is 2.52 bits per heavy atom. The van der Waals surface area contributed by atoms with Crippen LogP contribution in [0.3, 0.4) is 0 Å². The number of aliphatic hydroxyl groups is 1. The van der Waals surface area contributed by atoms with Crippen molar-refractivity contribution in [3.8, 4) is 0 Å². The summed E-state index contributed by atoms with van der Waals surface area (Å²) in [6, 6.07) is 8.64. The Hall–Kier alpha value is -1.32. The van der Waals surface area contributed by atoms with E-state index in [1.54, 1.807) is 0 Å². The second-order valence-electron chi connectivity index (χ2n) is 8.56. The van der Waals surface area contributed by atoms with Gasteiger partial charge in [-0.1, -0.05) is 57.2 Å². The van der Waals surface area contributed by atoms with Gasteiger partial charge >= 0.3 is 5.97 Å². The van der Waals surface area contributed by atoms with E-state index >= 15 is 0 Å². The molecule has 0 aliphatic heterocycles. The number of hydrogen-bond donors (Lipinski definition) is 1. The van der Waals surface area contributed by atoms with Crippen molar-refractivity contribution in [3.63, 3.8) is 0 Å². The lowest BCUT2D eigenvalue weighted by molar-refractivity contribution is -0.140. The monoisotopic (exact) mass is 392 g/mol. The molecule has 1 aliphatic rings. The van der Waals surface area contributed by atoms with Gasteiger partial charge in [-0.2, -0.15) is 0 Å². The van der Waals surface area contributed by atoms with Gasteiger partial charge in [-0.05, 0) is 48.1 Å². The van der Waals surface area contributed by atoms with Crippen molar-refractivity contribution < 1.29 is 14.6 Å². The van der Waals surface area contributed by atoms with Crippen molar-refractivity contribution in [2.45, 2.75) is 75.7 Å². The van der Waals surface area contributed by atoms with E-state index in [-0.39, 0.29) is 28.6 Å². The quantitative estimate of drug-likeness (QED) is 0.294. The lowest BCUT2D eigenvalue weighted by Gasteiger charge is -2.25. The van der Waals surface area contributed by atoms with Crippen LogP contribution in [0.4, 0.5) is 0 Å². The number of aliphatic hydroxyl groups excluding tert-OH is 1. The van der Waals surface area contributed by atoms with E-state index < -0.39 is 6.10 Å². The number of unbranched alkanes of at least 4 members (excludes halogenated alkanes) is 1. The van der Waals surface area contributed by atoms with Gasteiger partial charge in [0.25, 0.3) is 0 Å². The van der Waals surface area contributed by atoms with Crippen molar-refractivity contribution in [1.82, 2.24) is 0 Å². The van der Waals surface area contributed by atoms with Gasteiger partial charge < -0.3 is 9.84 Å². The summed E-state index contributed by atoms with van der Waals surface area (Å²) in [5, 5.41) is 10.6. The van der Waals surface area contributed by atoms with E-state index in [4.69, 9.17) is 11.6 Å². The maximum Gasteiger partial charge on any atom is 0.305 e. The van der Waals surface area contributed by atoms with Gasteiger partial charge in [0.2, 0.25) is 0 Å². The molecule has 1 saturated carbocycles. The van der Waals surface area contributed by atoms with E-state index in [1.165, 1.54) is 18.2 Å². The number of carbonyl (C=O) groups is 1. The van der Waals surface area contributed by atoms with Gasteiger partial charge in [0.1, 0.15) is 0 Å². The number of esters is 1. The molecule has 0 radical (unpaired) electrons. The molecule has 1 N–H and O–H groups in total. The Balaban J connectivity index is 1.99. The summed E-state index contributed by atoms with van der Waals surface area (Å²) < 4.78 is 4.65. The maximum absolute atomic E-state index is 11.1. The topological polar surface area (TPSA) is 46.5 Å². The second kappa shape index (κ2) is 9.75. The molecule has 0 saturated heterocycles. The zero-order chi connectivity index (χ0) is 20.0. The molecule has 2 rings (SSSR count). The fourth-order valence-electron chi connectivity index (χ4n) is 3.87. The molecular weight excluding hydrogens is 360 g/mol. The van der Waals surface area contributed by atoms with Crippen LogP contribution in [0.15, 0.2) is 36.4 Å². The number of allylic oxidation sites excluding steroid dienone is 2. The van der Waals surface area contributed by atoms with E-state index in [0.717, 1.165) is 19.3 Å². The molecule has 0 unspecified atom stereocenters. The average molecular weight is 393 g/mol. The van der Waals surface area contributed by atoms with E-state index in [2.05, 4.69) is 61.9 Å². The summed E-state index contributed by atoms with van der Waals surface area (Å²) in [5.41, 5.74) is 2.58. The Bertz CT molecular complexity index is 630. The highest BCUT2D eigenvalue weighted by atomic mass is 35.5. The molecule has 1 aliphatic carbocycles. The summed E-state index contributed by atoms with van der Waals surface area (Å²) in [7, 11) is 1.42. The first kappa shape index (κ1) is 22.0. The van der Waals surface area contributed by atoms with Gasteiger partial charge in [-0.25, -0.2) is 0 Å². The zero-order valence-corrected chi connectivity index (χ0v) is 17.7. The number of carbonyl (C=O) groups excluding carboxylic acids is 1. The zero-order valence-electron chi connectivity index (χ0n) is 17.0. The number of ether oxygens (including phenoxy) is 1. The fraction of sp³-hybridized carbons (Fsp3) is 0.609. The maximum atomic E-state index is 11.1. The minimum Gasteiger partial charge on any atom is -0.469 e. The first-order valence-electron chi connectivity index (χ1n) is 9.88. The van der Waals surface area contributed by atoms with Crippen LogP contribution in [-0.4, -0.2) is 29.7 Å². The van der Waals surface area contributed by atoms with Crippen LogP contribution in [0, 0.1) is 5.92 Å². The van der Waals surface area contributed by atoms with Crippen LogP contribution in [0.5, 0.6) is 0 Å². The molecule has 4 atom stereocenters. The fourth-order valence-corrected chi connectivity index (χ4v) is 4.31. The van der Waals surface area contributed by atoms with Crippen LogP contribution in [0.25, 0.3) is 0 Å². The first-order valence-corrected chi connectivity index (χ1v) is 10.3. The van der Waals surface area contributed by atoms with Gasteiger partial charge in [0.15, 0.2) is 0 Å². The molecule has 0 aromatic heterocycles. The molecule has 0 amide bonds. The summed E-state index contributed by atoms with van der Waals surface area (Å²) >= 11 is 6.57. The Kier molecular flexibility index (Phi) is 7.93. The first-order chi connectivity index (χ1) is 12.7. The lowest BCUT2D eigenvalue weighted by atomic mass is 9.82. The van der Waals surface area contributed by atoms with E-state index in [9.17, 15) is 9.90 Å². The third-order valence-corrected chi connectivity index (χ3v) is 6.02. The van der Waals surface area contributed by atoms with E-state index in [1.807, 2.05) is 0 Å². The lowest BCUT2D eigenvalue weighted by Crippen LogP contribution is -2.19. The highest BCUT2D eigenvalue weighted by Crippen LogP contribution is 2.45. The predicted molar refractivity (Wildman–Crippen MR) is 111 cm³/mol. The predicted octanol–water partition coefficient (Wildman–Crippen LogP) is 5.35. The molecular formula is C23H33ClO3. The smallest absolute Gasteiger partial charge is 0.305 e. The van der Waals surface area contributed by atoms with Gasteiger partial charge in [-0.3, -0.25) is 4.79 Å². The average Bonchev–Trinajstić information content (AvgIpc) is 2.90. The van der Waals surface area contributed by atoms with Crippen molar-refractivity contribution in [2.24, 2.45) is 5.92 Å². The summed E-state index contributed by atoms with van der Waals surface area (Å²) in [6.07, 6.45) is 7.42. The second-order valence-corrected chi connectivity index (χ2v) is 9.12. The van der Waals surface area contributed by atoms with Crippen LogP contribution >= 0.6 is 11.6 Å². The molecule has 1 aromatic rings. The van der Waals surface area contributed by atoms with Gasteiger partial charge in [0, 0.05) is 17.7 Å². The normalized spacial score (nSPS) is 25.9. The van der Waals surface area contributed by atoms with Crippen molar-refractivity contribution in [3.05, 3.63) is 47.5 Å².